The number of aromatic nitrogens is 1. The summed E-state index contributed by atoms with van der Waals surface area (Å²) < 4.78 is 18.0. The topological polar surface area (TPSA) is 111 Å². The van der Waals surface area contributed by atoms with Crippen LogP contribution < -0.4 is 5.32 Å². The lowest BCUT2D eigenvalue weighted by molar-refractivity contribution is -0.248. The SMILES string of the molecule is O=C(O)CC/C=C\C[C@H]1CO[C@@H](c2ccccc2Cl)OC1c1nc(C(=O)NCCCCC2CCCCC2)co1. The summed E-state index contributed by atoms with van der Waals surface area (Å²) >= 11 is 6.38. The number of carboxylic acid groups (broad SMARTS) is 1. The lowest BCUT2D eigenvalue weighted by Crippen LogP contribution is -2.31. The molecule has 1 unspecified atom stereocenters. The Labute approximate surface area is 235 Å². The van der Waals surface area contributed by atoms with Gasteiger partial charge < -0.3 is 24.3 Å². The van der Waals surface area contributed by atoms with Crippen molar-refractivity contribution >= 4 is 23.5 Å². The van der Waals surface area contributed by atoms with Gasteiger partial charge in [-0.05, 0) is 31.2 Å². The molecule has 0 radical (unpaired) electrons. The molecule has 1 amide bonds. The zero-order valence-electron chi connectivity index (χ0n) is 22.4. The van der Waals surface area contributed by atoms with E-state index in [9.17, 15) is 9.59 Å². The minimum Gasteiger partial charge on any atom is -0.481 e. The lowest BCUT2D eigenvalue weighted by Gasteiger charge is -2.35. The van der Waals surface area contributed by atoms with Crippen molar-refractivity contribution in [2.24, 2.45) is 11.8 Å². The summed E-state index contributed by atoms with van der Waals surface area (Å²) in [6.07, 6.45) is 15.0. The van der Waals surface area contributed by atoms with E-state index in [1.165, 1.54) is 44.8 Å². The smallest absolute Gasteiger partial charge is 0.303 e. The lowest BCUT2D eigenvalue weighted by atomic mass is 9.86. The summed E-state index contributed by atoms with van der Waals surface area (Å²) in [5.74, 6) is -0.0794. The largest absolute Gasteiger partial charge is 0.481 e. The van der Waals surface area contributed by atoms with Gasteiger partial charge >= 0.3 is 5.97 Å². The molecule has 1 saturated heterocycles. The van der Waals surface area contributed by atoms with Gasteiger partial charge in [-0.15, -0.1) is 0 Å². The number of amides is 1. The van der Waals surface area contributed by atoms with Crippen LogP contribution in [0.15, 0.2) is 47.1 Å². The Balaban J connectivity index is 1.35. The van der Waals surface area contributed by atoms with Crippen molar-refractivity contribution < 1.29 is 28.6 Å². The number of nitrogens with one attached hydrogen (secondary N) is 1. The Bertz CT molecular complexity index is 1100. The van der Waals surface area contributed by atoms with E-state index in [-0.39, 0.29) is 23.9 Å². The Morgan fingerprint density at radius 1 is 1.13 bits per heavy atom. The molecule has 9 heteroatoms. The van der Waals surface area contributed by atoms with Gasteiger partial charge in [0.15, 0.2) is 12.0 Å². The van der Waals surface area contributed by atoms with Crippen molar-refractivity contribution in [3.05, 3.63) is 64.9 Å². The molecular weight excluding hydrogens is 520 g/mol. The van der Waals surface area contributed by atoms with Gasteiger partial charge in [-0.25, -0.2) is 4.98 Å². The number of hydrogen-bond donors (Lipinski definition) is 2. The molecule has 1 saturated carbocycles. The number of benzene rings is 1. The molecule has 3 atom stereocenters. The van der Waals surface area contributed by atoms with Crippen molar-refractivity contribution in [1.82, 2.24) is 10.3 Å². The van der Waals surface area contributed by atoms with E-state index in [2.05, 4.69) is 10.3 Å². The van der Waals surface area contributed by atoms with Crippen molar-refractivity contribution in [3.63, 3.8) is 0 Å². The van der Waals surface area contributed by atoms with Crippen molar-refractivity contribution in [2.75, 3.05) is 13.2 Å². The quantitative estimate of drug-likeness (QED) is 0.201. The highest BCUT2D eigenvalue weighted by Gasteiger charge is 2.37. The maximum atomic E-state index is 12.7. The molecule has 0 spiro atoms. The minimum atomic E-state index is -0.834. The van der Waals surface area contributed by atoms with E-state index in [0.29, 0.717) is 42.5 Å². The van der Waals surface area contributed by atoms with Crippen LogP contribution in [0.2, 0.25) is 5.02 Å². The van der Waals surface area contributed by atoms with Gasteiger partial charge in [0.2, 0.25) is 5.89 Å². The van der Waals surface area contributed by atoms with Gasteiger partial charge in [0, 0.05) is 29.5 Å². The van der Waals surface area contributed by atoms with Crippen molar-refractivity contribution in [2.45, 2.75) is 83.0 Å². The van der Waals surface area contributed by atoms with Crippen LogP contribution in [-0.2, 0) is 14.3 Å². The van der Waals surface area contributed by atoms with Crippen molar-refractivity contribution in [1.29, 1.82) is 0 Å². The highest BCUT2D eigenvalue weighted by Crippen LogP contribution is 2.41. The molecule has 212 valence electrons. The number of carbonyl (C=O) groups is 2. The molecule has 2 fully saturated rings. The maximum Gasteiger partial charge on any atom is 0.303 e. The van der Waals surface area contributed by atoms with Gasteiger partial charge in [-0.3, -0.25) is 9.59 Å². The number of carboxylic acids is 1. The van der Waals surface area contributed by atoms with Crippen LogP contribution in [0.3, 0.4) is 0 Å². The second-order valence-corrected chi connectivity index (χ2v) is 10.9. The first-order valence-corrected chi connectivity index (χ1v) is 14.5. The molecule has 8 nitrogen and oxygen atoms in total. The first-order valence-electron chi connectivity index (χ1n) is 14.1. The number of rotatable bonds is 13. The minimum absolute atomic E-state index is 0.0744. The van der Waals surface area contributed by atoms with Gasteiger partial charge in [-0.2, -0.15) is 0 Å². The van der Waals surface area contributed by atoms with Crippen LogP contribution in [-0.4, -0.2) is 35.1 Å². The highest BCUT2D eigenvalue weighted by atomic mass is 35.5. The molecule has 1 aromatic heterocycles. The second-order valence-electron chi connectivity index (χ2n) is 10.5. The maximum absolute atomic E-state index is 12.7. The van der Waals surface area contributed by atoms with Gasteiger partial charge in [-0.1, -0.05) is 86.9 Å². The number of ether oxygens (including phenoxy) is 2. The summed E-state index contributed by atoms with van der Waals surface area (Å²) in [7, 11) is 0. The third-order valence-corrected chi connectivity index (χ3v) is 7.84. The number of halogens is 1. The van der Waals surface area contributed by atoms with Crippen LogP contribution in [0.25, 0.3) is 0 Å². The molecular formula is C30H39ClN2O6. The summed E-state index contributed by atoms with van der Waals surface area (Å²) in [5.41, 5.74) is 0.926. The molecule has 2 aliphatic rings. The third-order valence-electron chi connectivity index (χ3n) is 7.50. The number of unbranched alkanes of at least 4 members (excludes halogenated alkanes) is 1. The Morgan fingerprint density at radius 2 is 1.95 bits per heavy atom. The summed E-state index contributed by atoms with van der Waals surface area (Å²) in [4.78, 5) is 28.0. The monoisotopic (exact) mass is 558 g/mol. The van der Waals surface area contributed by atoms with Gasteiger partial charge in [0.05, 0.1) is 6.61 Å². The third kappa shape index (κ3) is 8.92. The zero-order valence-corrected chi connectivity index (χ0v) is 23.1. The van der Waals surface area contributed by atoms with E-state index in [0.717, 1.165) is 18.8 Å². The van der Waals surface area contributed by atoms with E-state index >= 15 is 0 Å². The number of carbonyl (C=O) groups excluding carboxylic acids is 1. The normalized spacial score (nSPS) is 22.2. The average molecular weight is 559 g/mol. The molecule has 0 bridgehead atoms. The molecule has 1 aliphatic heterocycles. The fourth-order valence-electron chi connectivity index (χ4n) is 5.31. The van der Waals surface area contributed by atoms with Crippen LogP contribution in [0.1, 0.15) is 105 Å². The molecule has 4 rings (SSSR count). The number of oxazole rings is 1. The standard InChI is InChI=1S/C30H39ClN2O6/c31-24-16-8-7-15-23(24)30-38-19-22(14-5-2-6-17-26(34)35)27(39-30)29-33-25(20-37-29)28(36)32-18-10-9-13-21-11-3-1-4-12-21/h2,5,7-8,15-16,20-22,27,30H,1,3-4,6,9-14,17-19H2,(H,32,36)(H,34,35)/b5-2-/t22-,27?,30+/m0/s1. The number of aliphatic carboxylic acids is 1. The molecule has 1 aliphatic carbocycles. The van der Waals surface area contributed by atoms with Gasteiger partial charge in [0.25, 0.3) is 5.91 Å². The summed E-state index contributed by atoms with van der Waals surface area (Å²) in [6.45, 7) is 0.967. The Kier molecular flexibility index (Phi) is 11.4. The molecule has 2 aromatic rings. The molecule has 2 N–H and O–H groups in total. The van der Waals surface area contributed by atoms with Crippen molar-refractivity contribution in [3.8, 4) is 0 Å². The van der Waals surface area contributed by atoms with Crippen LogP contribution in [0, 0.1) is 11.8 Å². The Hall–Kier alpha value is -2.68. The van der Waals surface area contributed by atoms with Crippen LogP contribution in [0.4, 0.5) is 0 Å². The van der Waals surface area contributed by atoms with E-state index in [1.807, 2.05) is 30.4 Å². The molecule has 1 aromatic carbocycles. The predicted molar refractivity (Wildman–Crippen MR) is 147 cm³/mol. The Morgan fingerprint density at radius 3 is 2.74 bits per heavy atom. The number of allylic oxidation sites excluding steroid dienone is 2. The highest BCUT2D eigenvalue weighted by molar-refractivity contribution is 6.31. The molecule has 2 heterocycles. The fourth-order valence-corrected chi connectivity index (χ4v) is 5.53. The predicted octanol–water partition coefficient (Wildman–Crippen LogP) is 7.02. The number of nitrogens with zero attached hydrogens (tertiary/aromatic N) is 1. The van der Waals surface area contributed by atoms with E-state index in [4.69, 9.17) is 30.6 Å². The van der Waals surface area contributed by atoms with Crippen LogP contribution in [0.5, 0.6) is 0 Å². The summed E-state index contributed by atoms with van der Waals surface area (Å²) in [5, 5.41) is 12.3. The number of hydrogen-bond acceptors (Lipinski definition) is 6. The zero-order chi connectivity index (χ0) is 27.5. The van der Waals surface area contributed by atoms with E-state index < -0.39 is 18.4 Å². The molecule has 39 heavy (non-hydrogen) atoms. The second kappa shape index (κ2) is 15.2. The summed E-state index contributed by atoms with van der Waals surface area (Å²) in [6, 6.07) is 7.33. The fraction of sp³-hybridized carbons (Fsp3) is 0.567. The first-order chi connectivity index (χ1) is 19.0. The van der Waals surface area contributed by atoms with Gasteiger partial charge in [0.1, 0.15) is 12.4 Å². The first kappa shape index (κ1) is 29.3. The van der Waals surface area contributed by atoms with Crippen LogP contribution >= 0.6 is 11.6 Å². The van der Waals surface area contributed by atoms with E-state index in [1.54, 1.807) is 6.07 Å². The average Bonchev–Trinajstić information content (AvgIpc) is 3.44.